The van der Waals surface area contributed by atoms with Gasteiger partial charge in [-0.1, -0.05) is 13.3 Å². The third-order valence-electron chi connectivity index (χ3n) is 5.91. The van der Waals surface area contributed by atoms with Crippen LogP contribution in [0.2, 0.25) is 0 Å². The van der Waals surface area contributed by atoms with E-state index in [1.54, 1.807) is 21.9 Å². The Bertz CT molecular complexity index is 1280. The molecule has 3 amide bonds. The van der Waals surface area contributed by atoms with Crippen molar-refractivity contribution < 1.29 is 27.5 Å². The number of amides is 3. The highest BCUT2D eigenvalue weighted by Crippen LogP contribution is 2.24. The van der Waals surface area contributed by atoms with Crippen molar-refractivity contribution in [3.8, 4) is 5.75 Å². The molecule has 4 rings (SSSR count). The summed E-state index contributed by atoms with van der Waals surface area (Å²) in [5, 5.41) is 5.11. The van der Waals surface area contributed by atoms with Crippen LogP contribution < -0.4 is 20.3 Å². The molecule has 0 spiro atoms. The Labute approximate surface area is 231 Å². The minimum atomic E-state index is -4.80. The number of aryl methyl sites for hydroxylation is 1. The predicted octanol–water partition coefficient (Wildman–Crippen LogP) is 5.35. The summed E-state index contributed by atoms with van der Waals surface area (Å²) in [5.74, 6) is 0.613. The van der Waals surface area contributed by atoms with Crippen LogP contribution in [0.25, 0.3) is 0 Å². The fourth-order valence-electron chi connectivity index (χ4n) is 4.00. The average Bonchev–Trinajstić information content (AvgIpc) is 3.30. The quantitative estimate of drug-likeness (QED) is 0.357. The molecule has 3 aromatic rings. The Kier molecular flexibility index (Phi) is 8.94. The first-order chi connectivity index (χ1) is 18.6. The molecule has 0 unspecified atom stereocenters. The van der Waals surface area contributed by atoms with E-state index in [1.807, 2.05) is 19.1 Å². The summed E-state index contributed by atoms with van der Waals surface area (Å²) in [7, 11) is 0. The number of aromatic nitrogens is 3. The van der Waals surface area contributed by atoms with Crippen molar-refractivity contribution in [1.29, 1.82) is 0 Å². The van der Waals surface area contributed by atoms with Gasteiger partial charge in [-0.15, -0.1) is 13.2 Å². The first kappa shape index (κ1) is 28.2. The number of nitrogens with one attached hydrogen (secondary N) is 2. The van der Waals surface area contributed by atoms with Crippen LogP contribution in [0.15, 0.2) is 53.3 Å². The topological polar surface area (TPSA) is 105 Å². The number of piperazine rings is 1. The second kappa shape index (κ2) is 12.4. The van der Waals surface area contributed by atoms with Crippen LogP contribution in [-0.2, 0) is 6.54 Å². The maximum absolute atomic E-state index is 13.4. The van der Waals surface area contributed by atoms with Gasteiger partial charge in [-0.3, -0.25) is 10.1 Å². The van der Waals surface area contributed by atoms with Gasteiger partial charge in [0.2, 0.25) is 5.82 Å². The Hall–Kier alpha value is -3.81. The molecule has 2 aromatic heterocycles. The summed E-state index contributed by atoms with van der Waals surface area (Å²) in [6.45, 7) is 4.82. The molecule has 14 heteroatoms. The molecule has 3 heterocycles. The normalized spacial score (nSPS) is 13.8. The Balaban J connectivity index is 1.38. The first-order valence-corrected chi connectivity index (χ1v) is 13.1. The number of ether oxygens (including phenoxy) is 1. The summed E-state index contributed by atoms with van der Waals surface area (Å²) in [4.78, 5) is 38.5. The van der Waals surface area contributed by atoms with Gasteiger partial charge in [0, 0.05) is 55.3 Å². The number of unbranched alkanes of at least 4 members (excludes halogenated alkanes) is 1. The lowest BCUT2D eigenvalue weighted by Gasteiger charge is -2.35. The molecule has 39 heavy (non-hydrogen) atoms. The summed E-state index contributed by atoms with van der Waals surface area (Å²) in [6, 6.07) is 7.92. The van der Waals surface area contributed by atoms with Crippen molar-refractivity contribution in [3.63, 3.8) is 0 Å². The second-order valence-corrected chi connectivity index (χ2v) is 9.68. The zero-order valence-corrected chi connectivity index (χ0v) is 22.6. The van der Waals surface area contributed by atoms with Crippen LogP contribution in [0, 0.1) is 0 Å². The predicted molar refractivity (Wildman–Crippen MR) is 143 cm³/mol. The summed E-state index contributed by atoms with van der Waals surface area (Å²) in [6.07, 6.45) is 0.256. The number of imidazole rings is 1. The van der Waals surface area contributed by atoms with E-state index in [0.29, 0.717) is 32.7 Å². The standard InChI is InChI=1S/C25H27BrF3N7O3/c1-2-3-10-36-16-20(33-24(38)31-18-5-7-19(8-6-18)39-25(27,28)29)32-22(36)23(37)35-13-11-34(12-14-35)21-9-4-17(26)15-30-21/h4-9,15-16H,2-3,10-14H2,1H3,(H2,31,33,38). The van der Waals surface area contributed by atoms with Crippen molar-refractivity contribution in [2.45, 2.75) is 32.7 Å². The zero-order chi connectivity index (χ0) is 28.0. The van der Waals surface area contributed by atoms with Crippen molar-refractivity contribution in [1.82, 2.24) is 19.4 Å². The number of nitrogens with zero attached hydrogens (tertiary/aromatic N) is 5. The summed E-state index contributed by atoms with van der Waals surface area (Å²) >= 11 is 3.38. The van der Waals surface area contributed by atoms with E-state index in [9.17, 15) is 22.8 Å². The number of alkyl halides is 3. The van der Waals surface area contributed by atoms with Gasteiger partial charge >= 0.3 is 12.4 Å². The molecule has 0 saturated carbocycles. The minimum Gasteiger partial charge on any atom is -0.406 e. The molecule has 0 bridgehead atoms. The van der Waals surface area contributed by atoms with Gasteiger partial charge in [-0.25, -0.2) is 14.8 Å². The minimum absolute atomic E-state index is 0.182. The molecular weight excluding hydrogens is 583 g/mol. The van der Waals surface area contributed by atoms with Crippen molar-refractivity contribution in [2.24, 2.45) is 0 Å². The number of halogens is 4. The summed E-state index contributed by atoms with van der Waals surface area (Å²) in [5.41, 5.74) is 0.252. The van der Waals surface area contributed by atoms with E-state index in [-0.39, 0.29) is 23.2 Å². The third-order valence-corrected chi connectivity index (χ3v) is 6.38. The molecule has 208 valence electrons. The number of carbonyl (C=O) groups is 2. The van der Waals surface area contributed by atoms with Gasteiger partial charge in [-0.2, -0.15) is 0 Å². The molecular formula is C25H27BrF3N7O3. The van der Waals surface area contributed by atoms with Crippen molar-refractivity contribution in [2.75, 3.05) is 41.7 Å². The van der Waals surface area contributed by atoms with E-state index in [0.717, 1.165) is 35.3 Å². The van der Waals surface area contributed by atoms with Crippen LogP contribution in [0.5, 0.6) is 5.75 Å². The smallest absolute Gasteiger partial charge is 0.406 e. The zero-order valence-electron chi connectivity index (χ0n) is 21.0. The van der Waals surface area contributed by atoms with Gasteiger partial charge < -0.3 is 24.4 Å². The van der Waals surface area contributed by atoms with Crippen LogP contribution in [-0.4, -0.2) is 63.9 Å². The fraction of sp³-hybridized carbons (Fsp3) is 0.360. The van der Waals surface area contributed by atoms with E-state index in [1.165, 1.54) is 12.1 Å². The highest BCUT2D eigenvalue weighted by atomic mass is 79.9. The van der Waals surface area contributed by atoms with E-state index in [2.05, 4.69) is 46.2 Å². The Morgan fingerprint density at radius 1 is 1.05 bits per heavy atom. The number of anilines is 3. The Morgan fingerprint density at radius 2 is 1.77 bits per heavy atom. The second-order valence-electron chi connectivity index (χ2n) is 8.76. The SMILES string of the molecule is CCCCn1cc(NC(=O)Nc2ccc(OC(F)(F)F)cc2)nc1C(=O)N1CCN(c2ccc(Br)cn2)CC1. The maximum Gasteiger partial charge on any atom is 0.573 e. The van der Waals surface area contributed by atoms with Crippen LogP contribution in [0.1, 0.15) is 30.4 Å². The van der Waals surface area contributed by atoms with Crippen LogP contribution in [0.4, 0.5) is 35.3 Å². The van der Waals surface area contributed by atoms with Gasteiger partial charge in [0.1, 0.15) is 11.6 Å². The van der Waals surface area contributed by atoms with E-state index in [4.69, 9.17) is 0 Å². The molecule has 1 aliphatic heterocycles. The number of hydrogen-bond donors (Lipinski definition) is 2. The third kappa shape index (κ3) is 7.85. The molecule has 1 fully saturated rings. The van der Waals surface area contributed by atoms with Gasteiger partial charge in [0.15, 0.2) is 5.82 Å². The largest absolute Gasteiger partial charge is 0.573 e. The molecule has 0 atom stereocenters. The lowest BCUT2D eigenvalue weighted by molar-refractivity contribution is -0.274. The number of carbonyl (C=O) groups excluding carboxylic acids is 2. The summed E-state index contributed by atoms with van der Waals surface area (Å²) < 4.78 is 43.5. The van der Waals surface area contributed by atoms with Crippen LogP contribution in [0.3, 0.4) is 0 Å². The van der Waals surface area contributed by atoms with E-state index >= 15 is 0 Å². The average molecular weight is 610 g/mol. The molecule has 0 aliphatic carbocycles. The molecule has 0 radical (unpaired) electrons. The molecule has 10 nitrogen and oxygen atoms in total. The van der Waals surface area contributed by atoms with Gasteiger partial charge in [0.05, 0.1) is 0 Å². The van der Waals surface area contributed by atoms with Crippen LogP contribution >= 0.6 is 15.9 Å². The number of benzene rings is 1. The number of rotatable bonds is 8. The monoisotopic (exact) mass is 609 g/mol. The Morgan fingerprint density at radius 3 is 2.38 bits per heavy atom. The van der Waals surface area contributed by atoms with Crippen molar-refractivity contribution >= 4 is 45.2 Å². The molecule has 1 aliphatic rings. The maximum atomic E-state index is 13.4. The molecule has 2 N–H and O–H groups in total. The lowest BCUT2D eigenvalue weighted by Crippen LogP contribution is -2.49. The highest BCUT2D eigenvalue weighted by molar-refractivity contribution is 9.10. The molecule has 1 aromatic carbocycles. The van der Waals surface area contributed by atoms with E-state index < -0.39 is 18.1 Å². The number of pyridine rings is 1. The highest BCUT2D eigenvalue weighted by Gasteiger charge is 2.31. The molecule has 1 saturated heterocycles. The van der Waals surface area contributed by atoms with Gasteiger partial charge in [0.25, 0.3) is 5.91 Å². The first-order valence-electron chi connectivity index (χ1n) is 12.3. The lowest BCUT2D eigenvalue weighted by atomic mass is 10.3. The van der Waals surface area contributed by atoms with Gasteiger partial charge in [-0.05, 0) is 58.7 Å². The van der Waals surface area contributed by atoms with Crippen molar-refractivity contribution in [3.05, 3.63) is 59.1 Å². The fourth-order valence-corrected chi connectivity index (χ4v) is 4.23. The number of hydrogen-bond acceptors (Lipinski definition) is 6. The number of urea groups is 1.